The molecular weight excluding hydrogens is 407 g/mol. The van der Waals surface area contributed by atoms with Crippen LogP contribution in [0.5, 0.6) is 0 Å². The molecule has 2 aromatic rings. The lowest BCUT2D eigenvalue weighted by atomic mass is 10.0. The predicted octanol–water partition coefficient (Wildman–Crippen LogP) is 3.94. The SMILES string of the molecule is CCNC(c1cc(Cl)cnc1N)c1ncc(Br)cc1Br. The van der Waals surface area contributed by atoms with Crippen LogP contribution >= 0.6 is 43.5 Å². The van der Waals surface area contributed by atoms with Gasteiger partial charge in [-0.15, -0.1) is 0 Å². The van der Waals surface area contributed by atoms with Crippen molar-refractivity contribution in [3.8, 4) is 0 Å². The van der Waals surface area contributed by atoms with Gasteiger partial charge in [0.25, 0.3) is 0 Å². The quantitative estimate of drug-likeness (QED) is 0.787. The number of halogens is 3. The van der Waals surface area contributed by atoms with Gasteiger partial charge in [0.2, 0.25) is 0 Å². The van der Waals surface area contributed by atoms with Gasteiger partial charge in [-0.05, 0) is 50.5 Å². The summed E-state index contributed by atoms with van der Waals surface area (Å²) in [4.78, 5) is 8.57. The Balaban J connectivity index is 2.53. The molecule has 0 spiro atoms. The van der Waals surface area contributed by atoms with E-state index in [-0.39, 0.29) is 6.04 Å². The number of hydrogen-bond acceptors (Lipinski definition) is 4. The number of nitrogens with one attached hydrogen (secondary N) is 1. The van der Waals surface area contributed by atoms with Crippen LogP contribution in [0.4, 0.5) is 5.82 Å². The fourth-order valence-corrected chi connectivity index (χ4v) is 3.28. The molecule has 20 heavy (non-hydrogen) atoms. The molecule has 2 aromatic heterocycles. The van der Waals surface area contributed by atoms with Crippen LogP contribution in [0.1, 0.15) is 24.2 Å². The smallest absolute Gasteiger partial charge is 0.128 e. The number of rotatable bonds is 4. The summed E-state index contributed by atoms with van der Waals surface area (Å²) in [5, 5.41) is 3.90. The largest absolute Gasteiger partial charge is 0.383 e. The number of nitrogen functional groups attached to an aromatic ring is 1. The van der Waals surface area contributed by atoms with E-state index in [1.54, 1.807) is 6.20 Å². The average Bonchev–Trinajstić information content (AvgIpc) is 2.40. The van der Waals surface area contributed by atoms with Gasteiger partial charge in [0, 0.05) is 26.9 Å². The molecule has 2 rings (SSSR count). The third-order valence-electron chi connectivity index (χ3n) is 2.75. The summed E-state index contributed by atoms with van der Waals surface area (Å²) in [7, 11) is 0. The molecule has 7 heteroatoms. The van der Waals surface area contributed by atoms with Crippen LogP contribution in [0.2, 0.25) is 5.02 Å². The second-order valence-electron chi connectivity index (χ2n) is 4.14. The van der Waals surface area contributed by atoms with Crippen LogP contribution in [-0.2, 0) is 0 Å². The maximum Gasteiger partial charge on any atom is 0.128 e. The zero-order chi connectivity index (χ0) is 14.7. The normalized spacial score (nSPS) is 12.4. The maximum atomic E-state index is 6.03. The van der Waals surface area contributed by atoms with E-state index in [0.29, 0.717) is 10.8 Å². The number of nitrogens with zero attached hydrogens (tertiary/aromatic N) is 2. The minimum absolute atomic E-state index is 0.173. The van der Waals surface area contributed by atoms with E-state index in [1.807, 2.05) is 19.1 Å². The molecule has 3 N–H and O–H groups in total. The monoisotopic (exact) mass is 418 g/mol. The van der Waals surface area contributed by atoms with Crippen molar-refractivity contribution in [1.82, 2.24) is 15.3 Å². The lowest BCUT2D eigenvalue weighted by Gasteiger charge is -2.20. The molecule has 0 fully saturated rings. The first kappa shape index (κ1) is 15.7. The second kappa shape index (κ2) is 6.85. The summed E-state index contributed by atoms with van der Waals surface area (Å²) in [6, 6.07) is 3.59. The van der Waals surface area contributed by atoms with E-state index < -0.39 is 0 Å². The van der Waals surface area contributed by atoms with Crippen molar-refractivity contribution < 1.29 is 0 Å². The van der Waals surface area contributed by atoms with Crippen LogP contribution in [0.25, 0.3) is 0 Å². The molecule has 0 saturated heterocycles. The molecule has 0 bridgehead atoms. The summed E-state index contributed by atoms with van der Waals surface area (Å²) >= 11 is 13.0. The highest BCUT2D eigenvalue weighted by Gasteiger charge is 2.21. The molecule has 2 heterocycles. The summed E-state index contributed by atoms with van der Waals surface area (Å²) < 4.78 is 1.79. The summed E-state index contributed by atoms with van der Waals surface area (Å²) in [6.45, 7) is 2.79. The zero-order valence-corrected chi connectivity index (χ0v) is 14.6. The predicted molar refractivity (Wildman–Crippen MR) is 88.8 cm³/mol. The van der Waals surface area contributed by atoms with Crippen molar-refractivity contribution in [3.63, 3.8) is 0 Å². The van der Waals surface area contributed by atoms with Gasteiger partial charge in [0.1, 0.15) is 5.82 Å². The van der Waals surface area contributed by atoms with Crippen LogP contribution in [0.15, 0.2) is 33.5 Å². The number of nitrogens with two attached hydrogens (primary N) is 1. The Morgan fingerprint density at radius 3 is 2.70 bits per heavy atom. The summed E-state index contributed by atoms with van der Waals surface area (Å²) in [6.07, 6.45) is 3.28. The van der Waals surface area contributed by atoms with Crippen molar-refractivity contribution >= 4 is 49.3 Å². The summed E-state index contributed by atoms with van der Waals surface area (Å²) in [5.74, 6) is 0.442. The maximum absolute atomic E-state index is 6.03. The first-order valence-electron chi connectivity index (χ1n) is 5.98. The number of pyridine rings is 2. The van der Waals surface area contributed by atoms with Gasteiger partial charge in [0.05, 0.1) is 16.8 Å². The molecule has 0 aliphatic carbocycles. The van der Waals surface area contributed by atoms with Crippen molar-refractivity contribution in [2.75, 3.05) is 12.3 Å². The first-order valence-corrected chi connectivity index (χ1v) is 7.94. The fraction of sp³-hybridized carbons (Fsp3) is 0.231. The van der Waals surface area contributed by atoms with Gasteiger partial charge < -0.3 is 11.1 Å². The number of hydrogen-bond donors (Lipinski definition) is 2. The number of aromatic nitrogens is 2. The summed E-state index contributed by atoms with van der Waals surface area (Å²) in [5.41, 5.74) is 7.63. The van der Waals surface area contributed by atoms with Crippen LogP contribution in [-0.4, -0.2) is 16.5 Å². The van der Waals surface area contributed by atoms with E-state index in [2.05, 4.69) is 47.1 Å². The van der Waals surface area contributed by atoms with Crippen molar-refractivity contribution in [1.29, 1.82) is 0 Å². The first-order chi connectivity index (χ1) is 9.52. The van der Waals surface area contributed by atoms with Crippen LogP contribution < -0.4 is 11.1 Å². The Kier molecular flexibility index (Phi) is 5.37. The van der Waals surface area contributed by atoms with Gasteiger partial charge >= 0.3 is 0 Å². The molecule has 4 nitrogen and oxygen atoms in total. The van der Waals surface area contributed by atoms with Crippen molar-refractivity contribution in [2.24, 2.45) is 0 Å². The van der Waals surface area contributed by atoms with Gasteiger partial charge in [-0.1, -0.05) is 18.5 Å². The highest BCUT2D eigenvalue weighted by Crippen LogP contribution is 2.32. The molecule has 0 aliphatic heterocycles. The van der Waals surface area contributed by atoms with E-state index in [4.69, 9.17) is 17.3 Å². The van der Waals surface area contributed by atoms with E-state index in [1.165, 1.54) is 6.20 Å². The van der Waals surface area contributed by atoms with Crippen LogP contribution in [0, 0.1) is 0 Å². The van der Waals surface area contributed by atoms with E-state index in [0.717, 1.165) is 26.7 Å². The zero-order valence-electron chi connectivity index (χ0n) is 10.7. The molecule has 1 atom stereocenters. The minimum atomic E-state index is -0.173. The Bertz CT molecular complexity index is 621. The molecule has 0 radical (unpaired) electrons. The third-order valence-corrected chi connectivity index (χ3v) is 4.02. The van der Waals surface area contributed by atoms with Crippen LogP contribution in [0.3, 0.4) is 0 Å². The highest BCUT2D eigenvalue weighted by atomic mass is 79.9. The van der Waals surface area contributed by atoms with Gasteiger partial charge in [-0.25, -0.2) is 4.98 Å². The minimum Gasteiger partial charge on any atom is -0.383 e. The molecular formula is C13H13Br2ClN4. The van der Waals surface area contributed by atoms with E-state index in [9.17, 15) is 0 Å². The molecule has 0 saturated carbocycles. The van der Waals surface area contributed by atoms with Crippen molar-refractivity contribution in [3.05, 3.63) is 49.8 Å². The lowest BCUT2D eigenvalue weighted by molar-refractivity contribution is 0.612. The second-order valence-corrected chi connectivity index (χ2v) is 6.35. The molecule has 106 valence electrons. The standard InChI is InChI=1S/C13H13Br2ClN4/c1-2-18-11(9-4-8(16)6-20-13(9)17)12-10(15)3-7(14)5-19-12/h3-6,11,18H,2H2,1H3,(H2,17,20). The Labute approximate surface area is 139 Å². The Morgan fingerprint density at radius 2 is 2.05 bits per heavy atom. The topological polar surface area (TPSA) is 63.8 Å². The molecule has 1 unspecified atom stereocenters. The average molecular weight is 421 g/mol. The highest BCUT2D eigenvalue weighted by molar-refractivity contribution is 9.11. The fourth-order valence-electron chi connectivity index (χ4n) is 1.89. The van der Waals surface area contributed by atoms with Gasteiger partial charge in [0.15, 0.2) is 0 Å². The Hall–Kier alpha value is -0.690. The number of anilines is 1. The lowest BCUT2D eigenvalue weighted by Crippen LogP contribution is -2.24. The third kappa shape index (κ3) is 3.49. The van der Waals surface area contributed by atoms with E-state index >= 15 is 0 Å². The van der Waals surface area contributed by atoms with Gasteiger partial charge in [-0.3, -0.25) is 4.98 Å². The molecule has 0 aromatic carbocycles. The van der Waals surface area contributed by atoms with Gasteiger partial charge in [-0.2, -0.15) is 0 Å². The van der Waals surface area contributed by atoms with Crippen molar-refractivity contribution in [2.45, 2.75) is 13.0 Å². The molecule has 0 aliphatic rings. The Morgan fingerprint density at radius 1 is 1.30 bits per heavy atom. The molecule has 0 amide bonds.